The molecule has 2 aromatic heterocycles. The van der Waals surface area contributed by atoms with E-state index in [9.17, 15) is 4.39 Å². The van der Waals surface area contributed by atoms with Gasteiger partial charge in [-0.15, -0.1) is 11.3 Å². The quantitative estimate of drug-likeness (QED) is 0.749. The van der Waals surface area contributed by atoms with Crippen LogP contribution in [0.15, 0.2) is 30.5 Å². The molecule has 1 aromatic carbocycles. The van der Waals surface area contributed by atoms with Crippen molar-refractivity contribution in [3.05, 3.63) is 58.1 Å². The van der Waals surface area contributed by atoms with E-state index >= 15 is 0 Å². The molecule has 0 amide bonds. The highest BCUT2D eigenvalue weighted by molar-refractivity contribution is 7.15. The van der Waals surface area contributed by atoms with Crippen molar-refractivity contribution < 1.29 is 4.39 Å². The number of nitrogens with zero attached hydrogens (tertiary/aromatic N) is 2. The van der Waals surface area contributed by atoms with Crippen molar-refractivity contribution in [2.45, 2.75) is 38.8 Å². The molecule has 0 saturated carbocycles. The minimum Gasteiger partial charge on any atom is -0.303 e. The van der Waals surface area contributed by atoms with Crippen LogP contribution in [0, 0.1) is 12.7 Å². The molecule has 3 aromatic rings. The first-order valence-electron chi connectivity index (χ1n) is 8.18. The lowest BCUT2D eigenvalue weighted by molar-refractivity contribution is 0.450. The Morgan fingerprint density at radius 1 is 1.33 bits per heavy atom. The molecular weight excluding hydrogens is 323 g/mol. The van der Waals surface area contributed by atoms with Gasteiger partial charge < -0.3 is 5.32 Å². The average Bonchev–Trinajstić information content (AvgIpc) is 3.20. The van der Waals surface area contributed by atoms with Gasteiger partial charge in [-0.1, -0.05) is 0 Å². The predicted molar refractivity (Wildman–Crippen MR) is 93.4 cm³/mol. The molecular formula is C18H19FN4S. The Labute approximate surface area is 144 Å². The summed E-state index contributed by atoms with van der Waals surface area (Å²) in [5.41, 5.74) is 4.43. The number of benzene rings is 1. The van der Waals surface area contributed by atoms with Gasteiger partial charge in [0.2, 0.25) is 0 Å². The third kappa shape index (κ3) is 2.99. The number of hydrogen-bond donors (Lipinski definition) is 2. The van der Waals surface area contributed by atoms with Crippen LogP contribution in [0.4, 0.5) is 4.39 Å². The smallest absolute Gasteiger partial charge is 0.123 e. The molecule has 2 N–H and O–H groups in total. The van der Waals surface area contributed by atoms with Crippen molar-refractivity contribution in [1.29, 1.82) is 0 Å². The monoisotopic (exact) mass is 342 g/mol. The second-order valence-electron chi connectivity index (χ2n) is 6.19. The lowest BCUT2D eigenvalue weighted by Gasteiger charge is -2.22. The molecule has 0 spiro atoms. The topological polar surface area (TPSA) is 53.6 Å². The molecule has 0 bridgehead atoms. The fraction of sp³-hybridized carbons (Fsp3) is 0.333. The maximum Gasteiger partial charge on any atom is 0.123 e. The molecule has 0 fully saturated rings. The fourth-order valence-corrected chi connectivity index (χ4v) is 4.28. The summed E-state index contributed by atoms with van der Waals surface area (Å²) in [4.78, 5) is 6.21. The van der Waals surface area contributed by atoms with Crippen LogP contribution < -0.4 is 5.32 Å². The van der Waals surface area contributed by atoms with Gasteiger partial charge in [0.25, 0.3) is 0 Å². The van der Waals surface area contributed by atoms with E-state index in [0.29, 0.717) is 0 Å². The standard InChI is InChI=1S/C18H19FN4S/c1-11-9-21-23-15(11)10-20-14-3-2-4-16-17(14)22-18(24-16)12-5-7-13(19)8-6-12/h5-9,14,20H,2-4,10H2,1H3,(H,21,23). The van der Waals surface area contributed by atoms with Gasteiger partial charge in [0.15, 0.2) is 0 Å². The lowest BCUT2D eigenvalue weighted by Crippen LogP contribution is -2.25. The van der Waals surface area contributed by atoms with E-state index < -0.39 is 0 Å². The van der Waals surface area contributed by atoms with Gasteiger partial charge in [-0.2, -0.15) is 5.10 Å². The van der Waals surface area contributed by atoms with Gasteiger partial charge in [-0.3, -0.25) is 5.10 Å². The second-order valence-corrected chi connectivity index (χ2v) is 7.28. The Morgan fingerprint density at radius 3 is 2.92 bits per heavy atom. The first kappa shape index (κ1) is 15.5. The number of rotatable bonds is 4. The molecule has 4 rings (SSSR count). The molecule has 1 atom stereocenters. The highest BCUT2D eigenvalue weighted by Gasteiger charge is 2.25. The number of aromatic amines is 1. The number of nitrogens with one attached hydrogen (secondary N) is 2. The lowest BCUT2D eigenvalue weighted by atomic mass is 9.97. The van der Waals surface area contributed by atoms with Crippen LogP contribution in [0.3, 0.4) is 0 Å². The van der Waals surface area contributed by atoms with Crippen LogP contribution in [0.5, 0.6) is 0 Å². The summed E-state index contributed by atoms with van der Waals surface area (Å²) in [6.07, 6.45) is 5.18. The summed E-state index contributed by atoms with van der Waals surface area (Å²) >= 11 is 1.73. The average molecular weight is 342 g/mol. The number of aryl methyl sites for hydroxylation is 2. The Hall–Kier alpha value is -2.05. The van der Waals surface area contributed by atoms with E-state index in [1.54, 1.807) is 23.5 Å². The Morgan fingerprint density at radius 2 is 2.17 bits per heavy atom. The maximum absolute atomic E-state index is 13.1. The van der Waals surface area contributed by atoms with Crippen LogP contribution in [0.25, 0.3) is 10.6 Å². The van der Waals surface area contributed by atoms with Gasteiger partial charge in [-0.05, 0) is 56.0 Å². The highest BCUT2D eigenvalue weighted by atomic mass is 32.1. The van der Waals surface area contributed by atoms with Gasteiger partial charge in [-0.25, -0.2) is 9.37 Å². The highest BCUT2D eigenvalue weighted by Crippen LogP contribution is 2.37. The Kier molecular flexibility index (Phi) is 4.16. The molecule has 1 aliphatic carbocycles. The summed E-state index contributed by atoms with van der Waals surface area (Å²) in [7, 11) is 0. The van der Waals surface area contributed by atoms with E-state index in [0.717, 1.165) is 47.8 Å². The summed E-state index contributed by atoms with van der Waals surface area (Å²) in [5, 5.41) is 11.7. The zero-order valence-electron chi connectivity index (χ0n) is 13.5. The van der Waals surface area contributed by atoms with Crippen molar-refractivity contribution >= 4 is 11.3 Å². The number of H-pyrrole nitrogens is 1. The van der Waals surface area contributed by atoms with Gasteiger partial charge in [0.1, 0.15) is 10.8 Å². The normalized spacial score (nSPS) is 17.0. The third-order valence-corrected chi connectivity index (χ3v) is 5.68. The zero-order chi connectivity index (χ0) is 16.5. The van der Waals surface area contributed by atoms with E-state index in [1.165, 1.54) is 22.6 Å². The SMILES string of the molecule is Cc1cn[nH]c1CNC1CCCc2sc(-c3ccc(F)cc3)nc21. The van der Waals surface area contributed by atoms with Crippen LogP contribution in [0.1, 0.15) is 40.7 Å². The van der Waals surface area contributed by atoms with Crippen LogP contribution in [-0.2, 0) is 13.0 Å². The maximum atomic E-state index is 13.1. The van der Waals surface area contributed by atoms with Crippen molar-refractivity contribution in [2.75, 3.05) is 0 Å². The molecule has 1 unspecified atom stereocenters. The molecule has 24 heavy (non-hydrogen) atoms. The molecule has 124 valence electrons. The Bertz CT molecular complexity index is 837. The first-order chi connectivity index (χ1) is 11.7. The molecule has 2 heterocycles. The van der Waals surface area contributed by atoms with Crippen LogP contribution >= 0.6 is 11.3 Å². The number of hydrogen-bond acceptors (Lipinski definition) is 4. The third-order valence-electron chi connectivity index (χ3n) is 4.50. The largest absolute Gasteiger partial charge is 0.303 e. The molecule has 0 radical (unpaired) electrons. The fourth-order valence-electron chi connectivity index (χ4n) is 3.11. The van der Waals surface area contributed by atoms with Gasteiger partial charge in [0.05, 0.1) is 23.6 Å². The first-order valence-corrected chi connectivity index (χ1v) is 9.00. The van der Waals surface area contributed by atoms with Gasteiger partial charge in [0, 0.05) is 17.0 Å². The number of fused-ring (bicyclic) bond motifs is 1. The molecule has 4 nitrogen and oxygen atoms in total. The van der Waals surface area contributed by atoms with E-state index in [2.05, 4.69) is 22.4 Å². The minimum atomic E-state index is -0.213. The number of aromatic nitrogens is 3. The molecule has 1 aliphatic rings. The van der Waals surface area contributed by atoms with Crippen molar-refractivity contribution in [2.24, 2.45) is 0 Å². The molecule has 0 saturated heterocycles. The van der Waals surface area contributed by atoms with Crippen molar-refractivity contribution in [1.82, 2.24) is 20.5 Å². The van der Waals surface area contributed by atoms with E-state index in [4.69, 9.17) is 4.98 Å². The van der Waals surface area contributed by atoms with Crippen LogP contribution in [-0.4, -0.2) is 15.2 Å². The molecule has 0 aliphatic heterocycles. The zero-order valence-corrected chi connectivity index (χ0v) is 14.3. The van der Waals surface area contributed by atoms with Crippen LogP contribution in [0.2, 0.25) is 0 Å². The molecule has 6 heteroatoms. The Balaban J connectivity index is 1.56. The summed E-state index contributed by atoms with van der Waals surface area (Å²) in [6.45, 7) is 2.82. The minimum absolute atomic E-state index is 0.213. The van der Waals surface area contributed by atoms with E-state index in [1.807, 2.05) is 6.20 Å². The summed E-state index contributed by atoms with van der Waals surface area (Å²) in [5.74, 6) is -0.213. The van der Waals surface area contributed by atoms with Crippen molar-refractivity contribution in [3.63, 3.8) is 0 Å². The summed E-state index contributed by atoms with van der Waals surface area (Å²) < 4.78 is 13.1. The number of halogens is 1. The number of thiazole rings is 1. The van der Waals surface area contributed by atoms with Gasteiger partial charge >= 0.3 is 0 Å². The van der Waals surface area contributed by atoms with Crippen molar-refractivity contribution in [3.8, 4) is 10.6 Å². The predicted octanol–water partition coefficient (Wildman–Crippen LogP) is 4.15. The summed E-state index contributed by atoms with van der Waals surface area (Å²) in [6, 6.07) is 6.85. The van der Waals surface area contributed by atoms with E-state index in [-0.39, 0.29) is 11.9 Å². The second kappa shape index (κ2) is 6.45.